The number of fused-ring (bicyclic) bond motifs is 2. The maximum absolute atomic E-state index is 13.1. The summed E-state index contributed by atoms with van der Waals surface area (Å²) in [5.41, 5.74) is 4.12. The monoisotopic (exact) mass is 383 g/mol. The van der Waals surface area contributed by atoms with Crippen molar-refractivity contribution in [2.24, 2.45) is 0 Å². The Balaban J connectivity index is 1.53. The molecule has 142 valence electrons. The summed E-state index contributed by atoms with van der Waals surface area (Å²) in [5, 5.41) is -0.303. The summed E-state index contributed by atoms with van der Waals surface area (Å²) in [5.74, 6) is 0.0323. The van der Waals surface area contributed by atoms with Crippen molar-refractivity contribution >= 4 is 15.7 Å². The van der Waals surface area contributed by atoms with Gasteiger partial charge in [-0.05, 0) is 55.9 Å². The molecule has 0 N–H and O–H groups in total. The van der Waals surface area contributed by atoms with Crippen molar-refractivity contribution < 1.29 is 13.2 Å². The minimum Gasteiger partial charge on any atom is -0.333 e. The van der Waals surface area contributed by atoms with Gasteiger partial charge in [0.2, 0.25) is 0 Å². The molecule has 2 aromatic rings. The smallest absolute Gasteiger partial charge is 0.254 e. The highest BCUT2D eigenvalue weighted by Gasteiger charge is 2.45. The van der Waals surface area contributed by atoms with E-state index >= 15 is 0 Å². The van der Waals surface area contributed by atoms with Crippen LogP contribution in [0, 0.1) is 6.92 Å². The van der Waals surface area contributed by atoms with Crippen molar-refractivity contribution in [3.05, 3.63) is 59.7 Å². The van der Waals surface area contributed by atoms with Crippen LogP contribution in [0.3, 0.4) is 0 Å². The van der Waals surface area contributed by atoms with Crippen LogP contribution in [0.25, 0.3) is 11.1 Å². The quantitative estimate of drug-likeness (QED) is 0.809. The molecule has 2 heterocycles. The fourth-order valence-corrected chi connectivity index (χ4v) is 5.65. The molecule has 2 aliphatic rings. The van der Waals surface area contributed by atoms with E-state index in [1.54, 1.807) is 0 Å². The van der Waals surface area contributed by atoms with Crippen molar-refractivity contribution in [2.75, 3.05) is 6.26 Å². The van der Waals surface area contributed by atoms with E-state index in [0.29, 0.717) is 18.4 Å². The molecule has 0 aromatic heterocycles. The van der Waals surface area contributed by atoms with E-state index in [0.717, 1.165) is 24.0 Å². The molecule has 2 unspecified atom stereocenters. The molecule has 4 rings (SSSR count). The highest BCUT2D eigenvalue weighted by atomic mass is 32.2. The van der Waals surface area contributed by atoms with Gasteiger partial charge in [0.05, 0.1) is 5.25 Å². The molecule has 2 atom stereocenters. The van der Waals surface area contributed by atoms with E-state index in [1.807, 2.05) is 29.2 Å². The lowest BCUT2D eigenvalue weighted by atomic mass is 9.99. The number of carbonyl (C=O) groups excluding carboxylic acids is 1. The van der Waals surface area contributed by atoms with E-state index in [4.69, 9.17) is 0 Å². The fraction of sp³-hybridized carbons (Fsp3) is 0.409. The largest absolute Gasteiger partial charge is 0.333 e. The second-order valence-electron chi connectivity index (χ2n) is 7.96. The van der Waals surface area contributed by atoms with Gasteiger partial charge in [-0.3, -0.25) is 4.79 Å². The number of hydrogen-bond donors (Lipinski definition) is 0. The molecule has 0 spiro atoms. The highest BCUT2D eigenvalue weighted by Crippen LogP contribution is 2.39. The van der Waals surface area contributed by atoms with E-state index in [2.05, 4.69) is 31.2 Å². The minimum atomic E-state index is -3.04. The topological polar surface area (TPSA) is 54.5 Å². The molecule has 2 bridgehead atoms. The summed E-state index contributed by atoms with van der Waals surface area (Å²) in [6.07, 6.45) is 4.27. The van der Waals surface area contributed by atoms with Gasteiger partial charge < -0.3 is 4.90 Å². The first-order valence-corrected chi connectivity index (χ1v) is 11.5. The van der Waals surface area contributed by atoms with Crippen molar-refractivity contribution in [1.29, 1.82) is 0 Å². The average molecular weight is 384 g/mol. The molecule has 0 radical (unpaired) electrons. The molecule has 0 saturated carbocycles. The third kappa shape index (κ3) is 3.53. The van der Waals surface area contributed by atoms with Crippen molar-refractivity contribution in [3.8, 4) is 11.1 Å². The Kier molecular flexibility index (Phi) is 4.58. The zero-order valence-electron chi connectivity index (χ0n) is 15.8. The fourth-order valence-electron chi connectivity index (χ4n) is 4.51. The predicted octanol–water partition coefficient (Wildman–Crippen LogP) is 3.84. The normalized spacial score (nSPS) is 24.8. The van der Waals surface area contributed by atoms with Gasteiger partial charge >= 0.3 is 0 Å². The molecule has 1 amide bonds. The lowest BCUT2D eigenvalue weighted by Gasteiger charge is -2.38. The second kappa shape index (κ2) is 6.79. The number of hydrogen-bond acceptors (Lipinski definition) is 3. The first kappa shape index (κ1) is 18.2. The van der Waals surface area contributed by atoms with Gasteiger partial charge in [0.25, 0.3) is 5.91 Å². The third-order valence-electron chi connectivity index (χ3n) is 6.05. The number of sulfone groups is 1. The van der Waals surface area contributed by atoms with Crippen LogP contribution in [0.1, 0.15) is 41.6 Å². The van der Waals surface area contributed by atoms with E-state index in [-0.39, 0.29) is 23.2 Å². The molecule has 4 nitrogen and oxygen atoms in total. The predicted molar refractivity (Wildman–Crippen MR) is 107 cm³/mol. The van der Waals surface area contributed by atoms with Gasteiger partial charge in [0.15, 0.2) is 0 Å². The first-order valence-electron chi connectivity index (χ1n) is 9.51. The maximum atomic E-state index is 13.1. The lowest BCUT2D eigenvalue weighted by molar-refractivity contribution is 0.0598. The Hall–Kier alpha value is -2.14. The Morgan fingerprint density at radius 3 is 1.85 bits per heavy atom. The lowest BCUT2D eigenvalue weighted by Crippen LogP contribution is -2.49. The summed E-state index contributed by atoms with van der Waals surface area (Å²) in [7, 11) is -3.04. The van der Waals surface area contributed by atoms with E-state index < -0.39 is 9.84 Å². The van der Waals surface area contributed by atoms with E-state index in [9.17, 15) is 13.2 Å². The molecule has 27 heavy (non-hydrogen) atoms. The van der Waals surface area contributed by atoms with E-state index in [1.165, 1.54) is 11.8 Å². The Labute approximate surface area is 161 Å². The van der Waals surface area contributed by atoms with Crippen molar-refractivity contribution in [1.82, 2.24) is 4.90 Å². The van der Waals surface area contributed by atoms with Gasteiger partial charge in [-0.15, -0.1) is 0 Å². The Morgan fingerprint density at radius 1 is 0.889 bits per heavy atom. The van der Waals surface area contributed by atoms with Crippen LogP contribution in [-0.4, -0.2) is 42.8 Å². The van der Waals surface area contributed by atoms with Crippen LogP contribution in [0.5, 0.6) is 0 Å². The molecule has 2 saturated heterocycles. The van der Waals surface area contributed by atoms with Crippen LogP contribution in [0.15, 0.2) is 48.5 Å². The minimum absolute atomic E-state index is 0.0323. The molecule has 0 aliphatic carbocycles. The summed E-state index contributed by atoms with van der Waals surface area (Å²) in [4.78, 5) is 15.0. The molecule has 2 aromatic carbocycles. The summed E-state index contributed by atoms with van der Waals surface area (Å²) < 4.78 is 23.9. The van der Waals surface area contributed by atoms with Gasteiger partial charge in [-0.1, -0.05) is 42.0 Å². The van der Waals surface area contributed by atoms with Gasteiger partial charge in [0, 0.05) is 23.9 Å². The zero-order chi connectivity index (χ0) is 19.2. The molecule has 2 aliphatic heterocycles. The van der Waals surface area contributed by atoms with Crippen LogP contribution >= 0.6 is 0 Å². The Morgan fingerprint density at radius 2 is 1.37 bits per heavy atom. The van der Waals surface area contributed by atoms with Crippen molar-refractivity contribution in [3.63, 3.8) is 0 Å². The number of aryl methyl sites for hydroxylation is 1. The third-order valence-corrected chi connectivity index (χ3v) is 7.64. The SMILES string of the molecule is Cc1ccc(-c2ccc(C(=O)N3C4CCC3CC(S(C)(=O)=O)C4)cc2)cc1. The van der Waals surface area contributed by atoms with Crippen LogP contribution in [0.4, 0.5) is 0 Å². The second-order valence-corrected chi connectivity index (χ2v) is 10.3. The molecule has 5 heteroatoms. The van der Waals surface area contributed by atoms with Crippen molar-refractivity contribution in [2.45, 2.75) is 49.9 Å². The van der Waals surface area contributed by atoms with Gasteiger partial charge in [-0.2, -0.15) is 0 Å². The Bertz CT molecular complexity index is 934. The average Bonchev–Trinajstić information content (AvgIpc) is 2.90. The number of piperidine rings is 1. The summed E-state index contributed by atoms with van der Waals surface area (Å²) in [6.45, 7) is 2.06. The van der Waals surface area contributed by atoms with Gasteiger partial charge in [0.1, 0.15) is 9.84 Å². The molecular weight excluding hydrogens is 358 g/mol. The first-order chi connectivity index (χ1) is 12.8. The standard InChI is InChI=1S/C22H25NO3S/c1-15-3-5-16(6-4-15)17-7-9-18(10-8-17)22(24)23-19-11-12-20(23)14-21(13-19)27(2,25)26/h3-10,19-21H,11-14H2,1-2H3. The molecule has 2 fully saturated rings. The summed E-state index contributed by atoms with van der Waals surface area (Å²) >= 11 is 0. The number of carbonyl (C=O) groups is 1. The van der Waals surface area contributed by atoms with Gasteiger partial charge in [-0.25, -0.2) is 8.42 Å². The number of benzene rings is 2. The number of rotatable bonds is 3. The summed E-state index contributed by atoms with van der Waals surface area (Å²) in [6, 6.07) is 16.2. The number of amides is 1. The highest BCUT2D eigenvalue weighted by molar-refractivity contribution is 7.91. The molecular formula is C22H25NO3S. The van der Waals surface area contributed by atoms with Crippen LogP contribution in [-0.2, 0) is 9.84 Å². The van der Waals surface area contributed by atoms with Crippen LogP contribution < -0.4 is 0 Å². The zero-order valence-corrected chi connectivity index (χ0v) is 16.6. The maximum Gasteiger partial charge on any atom is 0.254 e. The number of nitrogens with zero attached hydrogens (tertiary/aromatic N) is 1. The van der Waals surface area contributed by atoms with Crippen LogP contribution in [0.2, 0.25) is 0 Å².